The van der Waals surface area contributed by atoms with Gasteiger partial charge in [0.1, 0.15) is 6.54 Å². The molecule has 122 valence electrons. The van der Waals surface area contributed by atoms with E-state index < -0.39 is 0 Å². The van der Waals surface area contributed by atoms with Crippen LogP contribution in [-0.2, 0) is 17.8 Å². The summed E-state index contributed by atoms with van der Waals surface area (Å²) in [5.74, 6) is -0.239. The van der Waals surface area contributed by atoms with Gasteiger partial charge >= 0.3 is 0 Å². The highest BCUT2D eigenvalue weighted by molar-refractivity contribution is 7.98. The van der Waals surface area contributed by atoms with Crippen LogP contribution in [0, 0.1) is 0 Å². The number of anilines is 1. The molecule has 1 amide bonds. The van der Waals surface area contributed by atoms with Gasteiger partial charge in [-0.2, -0.15) is 0 Å². The Morgan fingerprint density at radius 2 is 2.13 bits per heavy atom. The number of aryl methyl sites for hydroxylation is 1. The third kappa shape index (κ3) is 4.96. The highest BCUT2D eigenvalue weighted by Crippen LogP contribution is 2.24. The lowest BCUT2D eigenvalue weighted by molar-refractivity contribution is -0.116. The van der Waals surface area contributed by atoms with Crippen molar-refractivity contribution in [2.24, 2.45) is 0 Å². The van der Waals surface area contributed by atoms with E-state index in [1.54, 1.807) is 11.8 Å². The zero-order valence-corrected chi connectivity index (χ0v) is 14.2. The number of para-hydroxylation sites is 1. The maximum absolute atomic E-state index is 12.2. The highest BCUT2D eigenvalue weighted by atomic mass is 32.2. The van der Waals surface area contributed by atoms with E-state index in [9.17, 15) is 9.59 Å². The second-order valence-corrected chi connectivity index (χ2v) is 6.05. The standard InChI is InChI=1S/C17H21N3O2S/c1-3-4-7-13-10-17(22)20(12-18-13)11-16(21)19-14-8-5-6-9-15(14)23-2/h5-6,8-10,12H,3-4,7,11H2,1-2H3,(H,19,21). The topological polar surface area (TPSA) is 64.0 Å². The number of nitrogens with one attached hydrogen (secondary N) is 1. The molecule has 0 atom stereocenters. The number of unbranched alkanes of at least 4 members (excludes halogenated alkanes) is 1. The molecule has 0 unspecified atom stereocenters. The van der Waals surface area contributed by atoms with Crippen LogP contribution in [0.25, 0.3) is 0 Å². The van der Waals surface area contributed by atoms with Crippen molar-refractivity contribution in [3.63, 3.8) is 0 Å². The summed E-state index contributed by atoms with van der Waals surface area (Å²) in [7, 11) is 0. The summed E-state index contributed by atoms with van der Waals surface area (Å²) in [6, 6.07) is 9.09. The van der Waals surface area contributed by atoms with Crippen LogP contribution in [0.1, 0.15) is 25.5 Å². The molecule has 1 N–H and O–H groups in total. The molecule has 0 fully saturated rings. The van der Waals surface area contributed by atoms with Crippen LogP contribution in [0.5, 0.6) is 0 Å². The van der Waals surface area contributed by atoms with Gasteiger partial charge < -0.3 is 5.32 Å². The van der Waals surface area contributed by atoms with E-state index >= 15 is 0 Å². The van der Waals surface area contributed by atoms with Gasteiger partial charge in [0.05, 0.1) is 12.0 Å². The molecule has 1 aromatic carbocycles. The molecule has 0 radical (unpaired) electrons. The molecule has 1 aromatic heterocycles. The fraction of sp³-hybridized carbons (Fsp3) is 0.353. The van der Waals surface area contributed by atoms with Crippen molar-refractivity contribution in [3.05, 3.63) is 52.7 Å². The largest absolute Gasteiger partial charge is 0.324 e. The van der Waals surface area contributed by atoms with Crippen molar-refractivity contribution in [2.45, 2.75) is 37.6 Å². The smallest absolute Gasteiger partial charge is 0.253 e. The monoisotopic (exact) mass is 331 g/mol. The number of hydrogen-bond donors (Lipinski definition) is 1. The number of rotatable bonds is 7. The molecule has 0 aliphatic heterocycles. The normalized spacial score (nSPS) is 10.5. The first-order chi connectivity index (χ1) is 11.1. The van der Waals surface area contributed by atoms with Crippen LogP contribution in [0.2, 0.25) is 0 Å². The highest BCUT2D eigenvalue weighted by Gasteiger charge is 2.08. The van der Waals surface area contributed by atoms with E-state index in [1.807, 2.05) is 30.5 Å². The number of amides is 1. The summed E-state index contributed by atoms with van der Waals surface area (Å²) in [5.41, 5.74) is 1.34. The summed E-state index contributed by atoms with van der Waals surface area (Å²) >= 11 is 1.56. The SMILES string of the molecule is CCCCc1cc(=O)n(CC(=O)Nc2ccccc2SC)cn1. The maximum atomic E-state index is 12.2. The number of hydrogen-bond acceptors (Lipinski definition) is 4. The summed E-state index contributed by atoms with van der Waals surface area (Å²) in [4.78, 5) is 29.4. The number of aromatic nitrogens is 2. The van der Waals surface area contributed by atoms with Gasteiger partial charge in [-0.05, 0) is 31.2 Å². The minimum Gasteiger partial charge on any atom is -0.324 e. The van der Waals surface area contributed by atoms with Crippen LogP contribution >= 0.6 is 11.8 Å². The van der Waals surface area contributed by atoms with Crippen LogP contribution < -0.4 is 10.9 Å². The summed E-state index contributed by atoms with van der Waals surface area (Å²) in [6.07, 6.45) is 6.26. The molecule has 0 aliphatic rings. The number of carbonyl (C=O) groups excluding carboxylic acids is 1. The molecular weight excluding hydrogens is 310 g/mol. The van der Waals surface area contributed by atoms with Crippen LogP contribution in [0.15, 0.2) is 46.3 Å². The minimum atomic E-state index is -0.239. The maximum Gasteiger partial charge on any atom is 0.253 e. The third-order valence-electron chi connectivity index (χ3n) is 3.42. The first-order valence-corrected chi connectivity index (χ1v) is 8.84. The van der Waals surface area contributed by atoms with Gasteiger partial charge in [0.2, 0.25) is 5.91 Å². The van der Waals surface area contributed by atoms with Crippen molar-refractivity contribution in [3.8, 4) is 0 Å². The van der Waals surface area contributed by atoms with Crippen molar-refractivity contribution >= 4 is 23.4 Å². The van der Waals surface area contributed by atoms with Gasteiger partial charge in [-0.25, -0.2) is 4.98 Å². The molecule has 2 aromatic rings. The second kappa shape index (κ2) is 8.53. The lowest BCUT2D eigenvalue weighted by Crippen LogP contribution is -2.28. The van der Waals surface area contributed by atoms with Crippen LogP contribution in [0.4, 0.5) is 5.69 Å². The Balaban J connectivity index is 2.04. The molecule has 2 rings (SSSR count). The Morgan fingerprint density at radius 3 is 2.83 bits per heavy atom. The van der Waals surface area contributed by atoms with Crippen molar-refractivity contribution in [1.29, 1.82) is 0 Å². The Bertz CT molecular complexity index is 728. The first-order valence-electron chi connectivity index (χ1n) is 7.62. The van der Waals surface area contributed by atoms with Gasteiger partial charge in [-0.1, -0.05) is 25.5 Å². The van der Waals surface area contributed by atoms with Gasteiger partial charge in [-0.3, -0.25) is 14.2 Å². The predicted octanol–water partition coefficient (Wildman–Crippen LogP) is 2.95. The number of thioether (sulfide) groups is 1. The quantitative estimate of drug-likeness (QED) is 0.792. The van der Waals surface area contributed by atoms with Crippen molar-refractivity contribution < 1.29 is 4.79 Å². The number of carbonyl (C=O) groups is 1. The molecule has 6 heteroatoms. The van der Waals surface area contributed by atoms with E-state index in [2.05, 4.69) is 17.2 Å². The zero-order chi connectivity index (χ0) is 16.7. The Kier molecular flexibility index (Phi) is 6.40. The molecule has 0 spiro atoms. The van der Waals surface area contributed by atoms with Crippen molar-refractivity contribution in [2.75, 3.05) is 11.6 Å². The van der Waals surface area contributed by atoms with Gasteiger partial charge in [-0.15, -0.1) is 11.8 Å². The van der Waals surface area contributed by atoms with E-state index in [4.69, 9.17) is 0 Å². The molecule has 0 saturated heterocycles. The van der Waals surface area contributed by atoms with Gasteiger partial charge in [0.15, 0.2) is 0 Å². The number of benzene rings is 1. The van der Waals surface area contributed by atoms with Gasteiger partial charge in [0, 0.05) is 16.7 Å². The Morgan fingerprint density at radius 1 is 1.35 bits per heavy atom. The molecule has 23 heavy (non-hydrogen) atoms. The van der Waals surface area contributed by atoms with E-state index in [0.29, 0.717) is 0 Å². The summed E-state index contributed by atoms with van der Waals surface area (Å²) < 4.78 is 1.33. The molecule has 5 nitrogen and oxygen atoms in total. The average molecular weight is 331 g/mol. The Hall–Kier alpha value is -2.08. The molecule has 0 aliphatic carbocycles. The molecular formula is C17H21N3O2S. The zero-order valence-electron chi connectivity index (χ0n) is 13.4. The number of nitrogens with zero attached hydrogens (tertiary/aromatic N) is 2. The lowest BCUT2D eigenvalue weighted by Gasteiger charge is -2.10. The average Bonchev–Trinajstić information content (AvgIpc) is 2.55. The fourth-order valence-electron chi connectivity index (χ4n) is 2.17. The van der Waals surface area contributed by atoms with E-state index in [-0.39, 0.29) is 18.0 Å². The second-order valence-electron chi connectivity index (χ2n) is 5.20. The van der Waals surface area contributed by atoms with E-state index in [0.717, 1.165) is 35.5 Å². The first kappa shape index (κ1) is 17.3. The molecule has 0 bridgehead atoms. The predicted molar refractivity (Wildman–Crippen MR) is 94.0 cm³/mol. The molecule has 1 heterocycles. The lowest BCUT2D eigenvalue weighted by atomic mass is 10.2. The minimum absolute atomic E-state index is 0.0391. The summed E-state index contributed by atoms with van der Waals surface area (Å²) in [5, 5.41) is 2.84. The van der Waals surface area contributed by atoms with Crippen LogP contribution in [0.3, 0.4) is 0 Å². The molecule has 0 saturated carbocycles. The van der Waals surface area contributed by atoms with Crippen molar-refractivity contribution in [1.82, 2.24) is 9.55 Å². The van der Waals surface area contributed by atoms with Crippen LogP contribution in [-0.4, -0.2) is 21.7 Å². The third-order valence-corrected chi connectivity index (χ3v) is 4.21. The van der Waals surface area contributed by atoms with Gasteiger partial charge in [0.25, 0.3) is 5.56 Å². The Labute approximate surface area is 140 Å². The summed E-state index contributed by atoms with van der Waals surface area (Å²) in [6.45, 7) is 2.06. The fourth-order valence-corrected chi connectivity index (χ4v) is 2.72. The van der Waals surface area contributed by atoms with E-state index in [1.165, 1.54) is 17.0 Å².